The molecule has 0 aliphatic carbocycles. The van der Waals surface area contributed by atoms with Crippen LogP contribution in [0.2, 0.25) is 5.15 Å². The van der Waals surface area contributed by atoms with Gasteiger partial charge in [0, 0.05) is 6.20 Å². The molecule has 0 amide bonds. The van der Waals surface area contributed by atoms with Gasteiger partial charge in [0.25, 0.3) is 0 Å². The number of pyridine rings is 2. The summed E-state index contributed by atoms with van der Waals surface area (Å²) < 4.78 is 0. The molecule has 0 aliphatic rings. The fourth-order valence-corrected chi connectivity index (χ4v) is 2.15. The average molecular weight is 276 g/mol. The van der Waals surface area contributed by atoms with E-state index in [0.29, 0.717) is 21.7 Å². The Morgan fingerprint density at radius 1 is 1.37 bits per heavy atom. The number of rotatable bonds is 2. The van der Waals surface area contributed by atoms with Gasteiger partial charge in [-0.15, -0.1) is 0 Å². The standard InChI is InChI=1S/C13H10ClN3O2/c1-6(13(18)19)7-4-9-11(15-5-7)12-8(16-9)2-3-10(14)17-12/h2-6,16H,1H3,(H,18,19)/t6-/m0/s1. The van der Waals surface area contributed by atoms with Gasteiger partial charge in [0.1, 0.15) is 16.2 Å². The third-order valence-corrected chi connectivity index (χ3v) is 3.34. The van der Waals surface area contributed by atoms with Gasteiger partial charge < -0.3 is 10.1 Å². The predicted octanol–water partition coefficient (Wildman–Crippen LogP) is 2.95. The zero-order valence-corrected chi connectivity index (χ0v) is 10.8. The lowest BCUT2D eigenvalue weighted by atomic mass is 10.0. The summed E-state index contributed by atoms with van der Waals surface area (Å²) in [6.45, 7) is 1.63. The SMILES string of the molecule is C[C@H](C(=O)O)c1cnc2c(c1)[nH]c1ccc(Cl)nc12. The van der Waals surface area contributed by atoms with Crippen molar-refractivity contribution in [2.24, 2.45) is 0 Å². The smallest absolute Gasteiger partial charge is 0.310 e. The molecule has 2 N–H and O–H groups in total. The van der Waals surface area contributed by atoms with Crippen LogP contribution in [-0.2, 0) is 4.79 Å². The van der Waals surface area contributed by atoms with E-state index in [2.05, 4.69) is 15.0 Å². The molecule has 0 radical (unpaired) electrons. The van der Waals surface area contributed by atoms with Crippen molar-refractivity contribution in [3.63, 3.8) is 0 Å². The first-order chi connectivity index (χ1) is 9.06. The van der Waals surface area contributed by atoms with E-state index < -0.39 is 11.9 Å². The molecule has 0 saturated heterocycles. The Kier molecular flexibility index (Phi) is 2.64. The van der Waals surface area contributed by atoms with E-state index in [1.54, 1.807) is 25.3 Å². The fourth-order valence-electron chi connectivity index (χ4n) is 2.01. The molecule has 0 bridgehead atoms. The number of nitrogens with one attached hydrogen (secondary N) is 1. The van der Waals surface area contributed by atoms with Crippen LogP contribution in [0.4, 0.5) is 0 Å². The van der Waals surface area contributed by atoms with Gasteiger partial charge in [0.05, 0.1) is 17.0 Å². The minimum Gasteiger partial charge on any atom is -0.481 e. The zero-order chi connectivity index (χ0) is 13.6. The van der Waals surface area contributed by atoms with Crippen LogP contribution in [0.15, 0.2) is 24.4 Å². The van der Waals surface area contributed by atoms with Crippen LogP contribution in [-0.4, -0.2) is 26.0 Å². The lowest BCUT2D eigenvalue weighted by molar-refractivity contribution is -0.138. The molecule has 3 aromatic heterocycles. The summed E-state index contributed by atoms with van der Waals surface area (Å²) in [6.07, 6.45) is 1.57. The van der Waals surface area contributed by atoms with Crippen LogP contribution in [0.1, 0.15) is 18.4 Å². The zero-order valence-electron chi connectivity index (χ0n) is 10.0. The highest BCUT2D eigenvalue weighted by molar-refractivity contribution is 6.30. The Bertz CT molecular complexity index is 797. The molecule has 0 unspecified atom stereocenters. The molecule has 3 rings (SSSR count). The number of aromatic nitrogens is 3. The monoisotopic (exact) mass is 275 g/mol. The average Bonchev–Trinajstić information content (AvgIpc) is 2.74. The van der Waals surface area contributed by atoms with E-state index in [-0.39, 0.29) is 0 Å². The molecule has 5 nitrogen and oxygen atoms in total. The van der Waals surface area contributed by atoms with Gasteiger partial charge in [-0.05, 0) is 30.7 Å². The first kappa shape index (κ1) is 11.9. The van der Waals surface area contributed by atoms with E-state index in [1.807, 2.05) is 6.07 Å². The number of hydrogen-bond donors (Lipinski definition) is 2. The summed E-state index contributed by atoms with van der Waals surface area (Å²) in [7, 11) is 0. The minimum absolute atomic E-state index is 0.401. The van der Waals surface area contributed by atoms with E-state index in [0.717, 1.165) is 11.0 Å². The molecule has 3 aromatic rings. The minimum atomic E-state index is -0.876. The maximum Gasteiger partial charge on any atom is 0.310 e. The summed E-state index contributed by atoms with van der Waals surface area (Å²) >= 11 is 5.87. The van der Waals surface area contributed by atoms with Gasteiger partial charge in [0.2, 0.25) is 0 Å². The number of carboxylic acid groups (broad SMARTS) is 1. The van der Waals surface area contributed by atoms with Crippen molar-refractivity contribution in [3.8, 4) is 0 Å². The molecule has 19 heavy (non-hydrogen) atoms. The summed E-state index contributed by atoms with van der Waals surface area (Å²) in [4.78, 5) is 22.7. The van der Waals surface area contributed by atoms with Crippen LogP contribution < -0.4 is 0 Å². The van der Waals surface area contributed by atoms with Crippen molar-refractivity contribution in [1.82, 2.24) is 15.0 Å². The number of aromatic amines is 1. The van der Waals surface area contributed by atoms with Gasteiger partial charge in [-0.25, -0.2) is 4.98 Å². The normalized spacial score (nSPS) is 12.9. The largest absolute Gasteiger partial charge is 0.481 e. The molecule has 0 aromatic carbocycles. The van der Waals surface area contributed by atoms with Gasteiger partial charge in [-0.1, -0.05) is 11.6 Å². The predicted molar refractivity (Wildman–Crippen MR) is 72.5 cm³/mol. The van der Waals surface area contributed by atoms with Crippen LogP contribution >= 0.6 is 11.6 Å². The number of H-pyrrole nitrogens is 1. The van der Waals surface area contributed by atoms with Gasteiger partial charge in [-0.3, -0.25) is 9.78 Å². The Morgan fingerprint density at radius 3 is 2.89 bits per heavy atom. The number of carboxylic acids is 1. The van der Waals surface area contributed by atoms with Gasteiger partial charge in [-0.2, -0.15) is 0 Å². The third-order valence-electron chi connectivity index (χ3n) is 3.13. The van der Waals surface area contributed by atoms with Gasteiger partial charge >= 0.3 is 5.97 Å². The number of hydrogen-bond acceptors (Lipinski definition) is 3. The first-order valence-electron chi connectivity index (χ1n) is 5.73. The van der Waals surface area contributed by atoms with Crippen LogP contribution in [0.5, 0.6) is 0 Å². The molecule has 96 valence electrons. The molecular weight excluding hydrogens is 266 g/mol. The topological polar surface area (TPSA) is 78.9 Å². The van der Waals surface area contributed by atoms with Crippen molar-refractivity contribution in [2.75, 3.05) is 0 Å². The van der Waals surface area contributed by atoms with E-state index >= 15 is 0 Å². The van der Waals surface area contributed by atoms with Crippen molar-refractivity contribution in [3.05, 3.63) is 35.1 Å². The Labute approximate surface area is 113 Å². The maximum atomic E-state index is 11.0. The molecular formula is C13H10ClN3O2. The number of aliphatic carboxylic acids is 1. The molecule has 1 atom stereocenters. The Morgan fingerprint density at radius 2 is 2.16 bits per heavy atom. The van der Waals surface area contributed by atoms with E-state index in [4.69, 9.17) is 16.7 Å². The van der Waals surface area contributed by atoms with E-state index in [9.17, 15) is 4.79 Å². The second kappa shape index (κ2) is 4.20. The summed E-state index contributed by atoms with van der Waals surface area (Å²) in [5.41, 5.74) is 3.62. The molecule has 0 aliphatic heterocycles. The Balaban J connectivity index is 2.24. The quantitative estimate of drug-likeness (QED) is 0.705. The molecule has 0 saturated carbocycles. The van der Waals surface area contributed by atoms with Crippen molar-refractivity contribution in [1.29, 1.82) is 0 Å². The van der Waals surface area contributed by atoms with Crippen molar-refractivity contribution < 1.29 is 9.90 Å². The van der Waals surface area contributed by atoms with E-state index in [1.165, 1.54) is 0 Å². The van der Waals surface area contributed by atoms with Crippen LogP contribution in [0.3, 0.4) is 0 Å². The lowest BCUT2D eigenvalue weighted by Crippen LogP contribution is -2.07. The highest BCUT2D eigenvalue weighted by atomic mass is 35.5. The summed E-state index contributed by atoms with van der Waals surface area (Å²) in [6, 6.07) is 5.31. The Hall–Kier alpha value is -2.14. The molecule has 0 spiro atoms. The summed E-state index contributed by atoms with van der Waals surface area (Å²) in [5.74, 6) is -1.47. The number of nitrogens with zero attached hydrogens (tertiary/aromatic N) is 2. The molecule has 0 fully saturated rings. The summed E-state index contributed by atoms with van der Waals surface area (Å²) in [5, 5.41) is 9.42. The number of halogens is 1. The maximum absolute atomic E-state index is 11.0. The van der Waals surface area contributed by atoms with Crippen LogP contribution in [0, 0.1) is 0 Å². The lowest BCUT2D eigenvalue weighted by Gasteiger charge is -2.05. The highest BCUT2D eigenvalue weighted by Gasteiger charge is 2.16. The molecule has 3 heterocycles. The number of fused-ring (bicyclic) bond motifs is 3. The highest BCUT2D eigenvalue weighted by Crippen LogP contribution is 2.26. The fraction of sp³-hybridized carbons (Fsp3) is 0.154. The number of carbonyl (C=O) groups is 1. The van der Waals surface area contributed by atoms with Gasteiger partial charge in [0.15, 0.2) is 0 Å². The molecule has 6 heteroatoms. The third kappa shape index (κ3) is 1.92. The first-order valence-corrected chi connectivity index (χ1v) is 6.11. The van der Waals surface area contributed by atoms with Crippen molar-refractivity contribution in [2.45, 2.75) is 12.8 Å². The second-order valence-electron chi connectivity index (χ2n) is 4.38. The second-order valence-corrected chi connectivity index (χ2v) is 4.77. The van der Waals surface area contributed by atoms with Crippen LogP contribution in [0.25, 0.3) is 22.1 Å². The van der Waals surface area contributed by atoms with Crippen molar-refractivity contribution >= 4 is 39.6 Å².